The Balaban J connectivity index is 1.27. The van der Waals surface area contributed by atoms with E-state index in [-0.39, 0.29) is 24.6 Å². The predicted molar refractivity (Wildman–Crippen MR) is 112 cm³/mol. The molecule has 0 bridgehead atoms. The Labute approximate surface area is 176 Å². The topological polar surface area (TPSA) is 78.9 Å². The average Bonchev–Trinajstić information content (AvgIpc) is 3.08. The Hall–Kier alpha value is -3.16. The van der Waals surface area contributed by atoms with E-state index in [1.807, 2.05) is 55.1 Å². The number of carbonyl (C=O) groups is 2. The maximum absolute atomic E-state index is 12.7. The highest BCUT2D eigenvalue weighted by molar-refractivity contribution is 5.96. The molecule has 1 aromatic heterocycles. The van der Waals surface area contributed by atoms with Crippen LogP contribution < -0.4 is 9.64 Å². The first-order chi connectivity index (χ1) is 14.5. The number of piperidine rings is 1. The minimum atomic E-state index is -0.109. The molecule has 158 valence electrons. The summed E-state index contributed by atoms with van der Waals surface area (Å²) in [5.41, 5.74) is 1.75. The number of hydrogen-bond acceptors (Lipinski definition) is 5. The molecule has 30 heavy (non-hydrogen) atoms. The van der Waals surface area contributed by atoms with Gasteiger partial charge in [0.1, 0.15) is 18.5 Å². The van der Waals surface area contributed by atoms with Crippen LogP contribution >= 0.6 is 0 Å². The third kappa shape index (κ3) is 4.53. The summed E-state index contributed by atoms with van der Waals surface area (Å²) in [4.78, 5) is 39.2. The van der Waals surface area contributed by atoms with Crippen LogP contribution in [0.5, 0.6) is 5.88 Å². The Morgan fingerprint density at radius 1 is 1.07 bits per heavy atom. The number of aromatic nitrogens is 2. The molecule has 4 rings (SSSR count). The van der Waals surface area contributed by atoms with Crippen molar-refractivity contribution in [1.29, 1.82) is 0 Å². The van der Waals surface area contributed by atoms with E-state index in [0.29, 0.717) is 37.9 Å². The van der Waals surface area contributed by atoms with Crippen LogP contribution in [0.1, 0.15) is 24.4 Å². The third-order valence-corrected chi connectivity index (χ3v) is 5.51. The summed E-state index contributed by atoms with van der Waals surface area (Å²) in [5.74, 6) is 1.27. The summed E-state index contributed by atoms with van der Waals surface area (Å²) < 4.78 is 6.00. The van der Waals surface area contributed by atoms with Crippen molar-refractivity contribution in [2.45, 2.75) is 32.8 Å². The lowest BCUT2D eigenvalue weighted by Gasteiger charge is -2.33. The van der Waals surface area contributed by atoms with Gasteiger partial charge < -0.3 is 14.5 Å². The van der Waals surface area contributed by atoms with Gasteiger partial charge >= 0.3 is 6.03 Å². The maximum Gasteiger partial charge on any atom is 0.325 e. The van der Waals surface area contributed by atoms with Crippen molar-refractivity contribution in [3.8, 4) is 5.88 Å². The fraction of sp³-hybridized carbons (Fsp3) is 0.455. The molecule has 8 nitrogen and oxygen atoms in total. The molecule has 2 saturated heterocycles. The van der Waals surface area contributed by atoms with Gasteiger partial charge in [0.2, 0.25) is 11.8 Å². The number of urea groups is 1. The highest BCUT2D eigenvalue weighted by Gasteiger charge is 2.33. The van der Waals surface area contributed by atoms with Crippen molar-refractivity contribution >= 4 is 17.6 Å². The van der Waals surface area contributed by atoms with Gasteiger partial charge in [-0.1, -0.05) is 18.2 Å². The second kappa shape index (κ2) is 8.69. The predicted octanol–water partition coefficient (Wildman–Crippen LogP) is 2.41. The van der Waals surface area contributed by atoms with Crippen LogP contribution in [-0.4, -0.2) is 70.5 Å². The molecule has 0 spiro atoms. The summed E-state index contributed by atoms with van der Waals surface area (Å²) in [6, 6.07) is 11.3. The lowest BCUT2D eigenvalue weighted by molar-refractivity contribution is -0.133. The van der Waals surface area contributed by atoms with E-state index in [4.69, 9.17) is 4.74 Å². The molecule has 0 aliphatic carbocycles. The number of likely N-dealkylation sites (tertiary alicyclic amines) is 1. The van der Waals surface area contributed by atoms with Gasteiger partial charge in [0.05, 0.1) is 0 Å². The van der Waals surface area contributed by atoms with Crippen LogP contribution in [0.2, 0.25) is 0 Å². The number of aryl methyl sites for hydroxylation is 2. The van der Waals surface area contributed by atoms with Crippen LogP contribution in [0.25, 0.3) is 0 Å². The highest BCUT2D eigenvalue weighted by Crippen LogP contribution is 2.21. The Morgan fingerprint density at radius 2 is 1.80 bits per heavy atom. The molecule has 2 aliphatic rings. The van der Waals surface area contributed by atoms with Gasteiger partial charge in [0.15, 0.2) is 0 Å². The second-order valence-corrected chi connectivity index (χ2v) is 7.78. The van der Waals surface area contributed by atoms with Crippen molar-refractivity contribution in [3.63, 3.8) is 0 Å². The van der Waals surface area contributed by atoms with Crippen LogP contribution in [0.4, 0.5) is 10.5 Å². The number of carbonyl (C=O) groups excluding carboxylic acids is 2. The Morgan fingerprint density at radius 3 is 2.50 bits per heavy atom. The molecule has 3 amide bonds. The van der Waals surface area contributed by atoms with Gasteiger partial charge in [-0.3, -0.25) is 9.69 Å². The normalized spacial score (nSPS) is 17.5. The molecule has 8 heteroatoms. The zero-order valence-corrected chi connectivity index (χ0v) is 17.5. The molecule has 1 aromatic carbocycles. The number of benzene rings is 1. The monoisotopic (exact) mass is 409 g/mol. The maximum atomic E-state index is 12.7. The van der Waals surface area contributed by atoms with Crippen molar-refractivity contribution in [3.05, 3.63) is 47.9 Å². The first-order valence-corrected chi connectivity index (χ1v) is 10.4. The number of anilines is 1. The molecule has 0 N–H and O–H groups in total. The minimum Gasteiger partial charge on any atom is -0.474 e. The smallest absolute Gasteiger partial charge is 0.325 e. The lowest BCUT2D eigenvalue weighted by Crippen LogP contribution is -2.47. The van der Waals surface area contributed by atoms with Crippen molar-refractivity contribution in [2.75, 3.05) is 37.6 Å². The van der Waals surface area contributed by atoms with Crippen LogP contribution in [0, 0.1) is 13.8 Å². The number of rotatable bonds is 5. The number of nitrogens with zero attached hydrogens (tertiary/aromatic N) is 5. The molecule has 2 aliphatic heterocycles. The van der Waals surface area contributed by atoms with E-state index in [1.165, 1.54) is 0 Å². The first kappa shape index (κ1) is 20.1. The summed E-state index contributed by atoms with van der Waals surface area (Å²) in [6.07, 6.45) is 1.53. The van der Waals surface area contributed by atoms with Gasteiger partial charge in [-0.15, -0.1) is 0 Å². The quantitative estimate of drug-likeness (QED) is 0.758. The summed E-state index contributed by atoms with van der Waals surface area (Å²) in [5, 5.41) is 0. The molecule has 0 atom stereocenters. The largest absolute Gasteiger partial charge is 0.474 e. The SMILES string of the molecule is Cc1cc(OC2CCN(C(=O)CN3CCN(c4ccccc4)C3=O)CC2)nc(C)n1. The van der Waals surface area contributed by atoms with E-state index in [2.05, 4.69) is 9.97 Å². The number of para-hydroxylation sites is 1. The molecule has 2 aromatic rings. The molecule has 0 radical (unpaired) electrons. The van der Waals surface area contributed by atoms with Gasteiger partial charge in [-0.05, 0) is 26.0 Å². The zero-order chi connectivity index (χ0) is 21.1. The fourth-order valence-electron chi connectivity index (χ4n) is 3.98. The molecule has 0 saturated carbocycles. The minimum absolute atomic E-state index is 0.00885. The summed E-state index contributed by atoms with van der Waals surface area (Å²) in [6.45, 7) is 6.29. The van der Waals surface area contributed by atoms with Crippen LogP contribution in [0.3, 0.4) is 0 Å². The fourth-order valence-corrected chi connectivity index (χ4v) is 3.98. The molecule has 0 unspecified atom stereocenters. The van der Waals surface area contributed by atoms with Gasteiger partial charge in [-0.2, -0.15) is 4.98 Å². The van der Waals surface area contributed by atoms with Gasteiger partial charge in [-0.25, -0.2) is 9.78 Å². The molecule has 3 heterocycles. The average molecular weight is 409 g/mol. The molecular weight excluding hydrogens is 382 g/mol. The van der Waals surface area contributed by atoms with E-state index in [9.17, 15) is 9.59 Å². The van der Waals surface area contributed by atoms with Crippen molar-refractivity contribution < 1.29 is 14.3 Å². The van der Waals surface area contributed by atoms with E-state index < -0.39 is 0 Å². The first-order valence-electron chi connectivity index (χ1n) is 10.4. The third-order valence-electron chi connectivity index (χ3n) is 5.51. The number of hydrogen-bond donors (Lipinski definition) is 0. The van der Waals surface area contributed by atoms with Crippen LogP contribution in [-0.2, 0) is 4.79 Å². The summed E-state index contributed by atoms with van der Waals surface area (Å²) >= 11 is 0. The molecule has 2 fully saturated rings. The lowest BCUT2D eigenvalue weighted by atomic mass is 10.1. The standard InChI is InChI=1S/C22H27N5O3/c1-16-14-20(24-17(2)23-16)30-19-8-10-25(11-9-19)21(28)15-26-12-13-27(22(26)29)18-6-4-3-5-7-18/h3-7,14,19H,8-13,15H2,1-2H3. The van der Waals surface area contributed by atoms with Gasteiger partial charge in [0.25, 0.3) is 0 Å². The van der Waals surface area contributed by atoms with Crippen molar-refractivity contribution in [1.82, 2.24) is 19.8 Å². The van der Waals surface area contributed by atoms with Crippen molar-refractivity contribution in [2.24, 2.45) is 0 Å². The van der Waals surface area contributed by atoms with Gasteiger partial charge in [0, 0.05) is 56.5 Å². The van der Waals surface area contributed by atoms with Crippen LogP contribution in [0.15, 0.2) is 36.4 Å². The zero-order valence-electron chi connectivity index (χ0n) is 17.5. The Kier molecular flexibility index (Phi) is 5.83. The number of amides is 3. The Bertz CT molecular complexity index is 892. The summed E-state index contributed by atoms with van der Waals surface area (Å²) in [7, 11) is 0. The molecular formula is C22H27N5O3. The number of ether oxygens (including phenoxy) is 1. The second-order valence-electron chi connectivity index (χ2n) is 7.78. The highest BCUT2D eigenvalue weighted by atomic mass is 16.5. The van der Waals surface area contributed by atoms with E-state index in [0.717, 1.165) is 24.2 Å². The van der Waals surface area contributed by atoms with E-state index in [1.54, 1.807) is 9.80 Å². The van der Waals surface area contributed by atoms with E-state index >= 15 is 0 Å².